The number of aliphatic carboxylic acids is 1. The topological polar surface area (TPSA) is 93.6 Å². The molecular weight excluding hydrogens is 414 g/mol. The minimum absolute atomic E-state index is 0.403. The number of carbonyl (C=O) groups is 1. The first-order chi connectivity index (χ1) is 15.1. The van der Waals surface area contributed by atoms with Crippen LogP contribution in [0.3, 0.4) is 0 Å². The van der Waals surface area contributed by atoms with Gasteiger partial charge in [0.05, 0.1) is 5.69 Å². The van der Waals surface area contributed by atoms with Crippen LogP contribution in [0.1, 0.15) is 5.69 Å². The summed E-state index contributed by atoms with van der Waals surface area (Å²) in [6.07, 6.45) is 1.72. The molecule has 2 aromatic heterocycles. The van der Waals surface area contributed by atoms with Gasteiger partial charge in [-0.3, -0.25) is 0 Å². The monoisotopic (exact) mass is 433 g/mol. The molecule has 0 bridgehead atoms. The van der Waals surface area contributed by atoms with Crippen LogP contribution in [0.5, 0.6) is 17.2 Å². The first-order valence-electron chi connectivity index (χ1n) is 9.44. The molecule has 2 heterocycles. The molecule has 4 aromatic rings. The number of carboxylic acids is 1. The molecule has 0 spiro atoms. The third-order valence-corrected chi connectivity index (χ3v) is 5.07. The van der Waals surface area contributed by atoms with Gasteiger partial charge in [-0.25, -0.2) is 14.8 Å². The van der Waals surface area contributed by atoms with Gasteiger partial charge in [-0.05, 0) is 42.8 Å². The number of nitrogens with zero attached hydrogens (tertiary/aromatic N) is 2. The van der Waals surface area contributed by atoms with Crippen molar-refractivity contribution in [2.75, 3.05) is 11.9 Å². The number of para-hydroxylation sites is 1. The number of benzene rings is 2. The van der Waals surface area contributed by atoms with Crippen LogP contribution in [0.25, 0.3) is 11.1 Å². The highest BCUT2D eigenvalue weighted by molar-refractivity contribution is 7.13. The van der Waals surface area contributed by atoms with Gasteiger partial charge >= 0.3 is 5.97 Å². The summed E-state index contributed by atoms with van der Waals surface area (Å²) in [5.74, 6) is 1.19. The van der Waals surface area contributed by atoms with Crippen molar-refractivity contribution in [1.82, 2.24) is 9.97 Å². The number of pyridine rings is 1. The highest BCUT2D eigenvalue weighted by Gasteiger charge is 2.12. The van der Waals surface area contributed by atoms with Crippen LogP contribution in [0, 0.1) is 6.92 Å². The number of nitrogens with one attached hydrogen (secondary N) is 1. The molecule has 0 saturated heterocycles. The van der Waals surface area contributed by atoms with Crippen molar-refractivity contribution in [1.29, 1.82) is 0 Å². The Kier molecular flexibility index (Phi) is 6.09. The van der Waals surface area contributed by atoms with Crippen LogP contribution in [0.4, 0.5) is 10.9 Å². The smallest absolute Gasteiger partial charge is 0.341 e. The van der Waals surface area contributed by atoms with E-state index < -0.39 is 12.6 Å². The molecule has 0 aliphatic heterocycles. The van der Waals surface area contributed by atoms with E-state index in [-0.39, 0.29) is 0 Å². The van der Waals surface area contributed by atoms with Gasteiger partial charge in [-0.15, -0.1) is 11.3 Å². The van der Waals surface area contributed by atoms with E-state index >= 15 is 0 Å². The summed E-state index contributed by atoms with van der Waals surface area (Å²) in [5, 5.41) is 14.7. The summed E-state index contributed by atoms with van der Waals surface area (Å²) in [4.78, 5) is 19.8. The molecule has 0 aliphatic rings. The molecular formula is C23H19N3O4S. The van der Waals surface area contributed by atoms with Crippen molar-refractivity contribution in [3.63, 3.8) is 0 Å². The molecule has 156 valence electrons. The van der Waals surface area contributed by atoms with Crippen LogP contribution in [-0.2, 0) is 4.79 Å². The number of thiazole rings is 1. The fourth-order valence-electron chi connectivity index (χ4n) is 2.81. The second-order valence-electron chi connectivity index (χ2n) is 6.62. The van der Waals surface area contributed by atoms with Crippen LogP contribution in [0.2, 0.25) is 0 Å². The molecule has 31 heavy (non-hydrogen) atoms. The first kappa shape index (κ1) is 20.4. The molecule has 0 atom stereocenters. The number of aryl methyl sites for hydroxylation is 1. The third kappa shape index (κ3) is 5.37. The Bertz CT molecular complexity index is 1190. The average molecular weight is 433 g/mol. The van der Waals surface area contributed by atoms with E-state index in [1.165, 1.54) is 11.3 Å². The van der Waals surface area contributed by atoms with E-state index in [0.717, 1.165) is 22.0 Å². The van der Waals surface area contributed by atoms with E-state index in [0.29, 0.717) is 23.1 Å². The number of hydrogen-bond acceptors (Lipinski definition) is 7. The van der Waals surface area contributed by atoms with E-state index in [1.807, 2.05) is 54.8 Å². The summed E-state index contributed by atoms with van der Waals surface area (Å²) in [6.45, 7) is 1.53. The van der Waals surface area contributed by atoms with Gasteiger partial charge in [0, 0.05) is 17.1 Å². The molecule has 0 unspecified atom stereocenters. The highest BCUT2D eigenvalue weighted by Crippen LogP contribution is 2.35. The lowest BCUT2D eigenvalue weighted by Gasteiger charge is -2.13. The Morgan fingerprint density at radius 3 is 2.61 bits per heavy atom. The highest BCUT2D eigenvalue weighted by atomic mass is 32.1. The number of aromatic nitrogens is 2. The summed E-state index contributed by atoms with van der Waals surface area (Å²) in [6, 6.07) is 18.5. The summed E-state index contributed by atoms with van der Waals surface area (Å²) >= 11 is 1.49. The predicted octanol–water partition coefficient (Wildman–Crippen LogP) is 5.51. The van der Waals surface area contributed by atoms with Gasteiger partial charge in [-0.2, -0.15) is 0 Å². The van der Waals surface area contributed by atoms with E-state index in [9.17, 15) is 4.79 Å². The van der Waals surface area contributed by atoms with Gasteiger partial charge in [0.2, 0.25) is 0 Å². The maximum atomic E-state index is 10.8. The minimum atomic E-state index is -1.03. The zero-order valence-electron chi connectivity index (χ0n) is 16.6. The standard InChI is InChI=1S/C23H19N3O4S/c1-15-14-31-23(25-15)26-22-20(30-18-7-3-2-4-8-18)11-17(12-24-22)16-6-5-9-19(10-16)29-13-21(27)28/h2-12,14H,13H2,1H3,(H,27,28)(H,24,25,26). The lowest BCUT2D eigenvalue weighted by Crippen LogP contribution is -2.09. The quantitative estimate of drug-likeness (QED) is 0.378. The molecule has 2 N–H and O–H groups in total. The third-order valence-electron chi connectivity index (χ3n) is 4.20. The Labute approximate surface area is 183 Å². The minimum Gasteiger partial charge on any atom is -0.482 e. The van der Waals surface area contributed by atoms with Crippen molar-refractivity contribution in [3.05, 3.63) is 77.9 Å². The van der Waals surface area contributed by atoms with Crippen LogP contribution >= 0.6 is 11.3 Å². The zero-order chi connectivity index (χ0) is 21.6. The van der Waals surface area contributed by atoms with Gasteiger partial charge in [0.1, 0.15) is 11.5 Å². The number of ether oxygens (including phenoxy) is 2. The lowest BCUT2D eigenvalue weighted by molar-refractivity contribution is -0.139. The molecule has 8 heteroatoms. The number of hydrogen-bond donors (Lipinski definition) is 2. The largest absolute Gasteiger partial charge is 0.482 e. The molecule has 0 saturated carbocycles. The van der Waals surface area contributed by atoms with Crippen molar-refractivity contribution in [3.8, 4) is 28.4 Å². The molecule has 4 rings (SSSR count). The predicted molar refractivity (Wildman–Crippen MR) is 119 cm³/mol. The molecule has 7 nitrogen and oxygen atoms in total. The van der Waals surface area contributed by atoms with E-state index in [1.54, 1.807) is 24.4 Å². The number of anilines is 2. The fourth-order valence-corrected chi connectivity index (χ4v) is 3.50. The van der Waals surface area contributed by atoms with Crippen LogP contribution < -0.4 is 14.8 Å². The Morgan fingerprint density at radius 2 is 1.87 bits per heavy atom. The van der Waals surface area contributed by atoms with Crippen molar-refractivity contribution in [2.24, 2.45) is 0 Å². The van der Waals surface area contributed by atoms with E-state index in [2.05, 4.69) is 15.3 Å². The first-order valence-corrected chi connectivity index (χ1v) is 10.3. The molecule has 0 radical (unpaired) electrons. The Hall–Kier alpha value is -3.91. The Morgan fingerprint density at radius 1 is 1.06 bits per heavy atom. The van der Waals surface area contributed by atoms with Crippen molar-refractivity contribution < 1.29 is 19.4 Å². The molecule has 2 aromatic carbocycles. The zero-order valence-corrected chi connectivity index (χ0v) is 17.4. The molecule has 0 fully saturated rings. The maximum absolute atomic E-state index is 10.8. The number of carboxylic acid groups (broad SMARTS) is 1. The fraction of sp³-hybridized carbons (Fsp3) is 0.0870. The van der Waals surface area contributed by atoms with Crippen molar-refractivity contribution >= 4 is 28.3 Å². The van der Waals surface area contributed by atoms with Crippen LogP contribution in [-0.4, -0.2) is 27.7 Å². The second-order valence-corrected chi connectivity index (χ2v) is 7.47. The maximum Gasteiger partial charge on any atom is 0.341 e. The normalized spacial score (nSPS) is 10.5. The summed E-state index contributed by atoms with van der Waals surface area (Å²) < 4.78 is 11.4. The Balaban J connectivity index is 1.67. The molecule has 0 amide bonds. The lowest BCUT2D eigenvalue weighted by atomic mass is 10.1. The van der Waals surface area contributed by atoms with Gasteiger partial charge < -0.3 is 19.9 Å². The summed E-state index contributed by atoms with van der Waals surface area (Å²) in [7, 11) is 0. The van der Waals surface area contributed by atoms with Gasteiger partial charge in [-0.1, -0.05) is 30.3 Å². The molecule has 0 aliphatic carbocycles. The van der Waals surface area contributed by atoms with Crippen molar-refractivity contribution in [2.45, 2.75) is 6.92 Å². The number of rotatable bonds is 8. The van der Waals surface area contributed by atoms with E-state index in [4.69, 9.17) is 14.6 Å². The second kappa shape index (κ2) is 9.27. The van der Waals surface area contributed by atoms with Crippen LogP contribution in [0.15, 0.2) is 72.2 Å². The van der Waals surface area contributed by atoms with Gasteiger partial charge in [0.15, 0.2) is 23.3 Å². The average Bonchev–Trinajstić information content (AvgIpc) is 3.19. The van der Waals surface area contributed by atoms with Gasteiger partial charge in [0.25, 0.3) is 0 Å². The SMILES string of the molecule is Cc1csc(Nc2ncc(-c3cccc(OCC(=O)O)c3)cc2Oc2ccccc2)n1. The summed E-state index contributed by atoms with van der Waals surface area (Å²) in [5.41, 5.74) is 2.55.